The predicted octanol–water partition coefficient (Wildman–Crippen LogP) is 8.18. The quantitative estimate of drug-likeness (QED) is 0.344. The molecular formula is C32H34ClNO3. The smallest absolute Gasteiger partial charge is 0.409 e. The standard InChI is InChI=1S/C32H34ClNO3/c33-23-14-15-25(22-8-2-1-3-9-22)31(20-23)37-24-16-18-34(19-17-24)32(35)36-21-30-28-12-6-4-10-26(28)27-11-5-7-13-29(27)30/h4-7,10-15,20,22,24,30H,1-3,8-9,16-19,21H2. The highest BCUT2D eigenvalue weighted by Crippen LogP contribution is 2.44. The summed E-state index contributed by atoms with van der Waals surface area (Å²) in [5.41, 5.74) is 6.25. The minimum Gasteiger partial charge on any atom is -0.490 e. The number of carbonyl (C=O) groups is 1. The second kappa shape index (κ2) is 10.8. The molecule has 0 radical (unpaired) electrons. The maximum absolute atomic E-state index is 13.0. The zero-order chi connectivity index (χ0) is 25.2. The Bertz CT molecular complexity index is 1210. The predicted molar refractivity (Wildman–Crippen MR) is 148 cm³/mol. The SMILES string of the molecule is O=C(OCC1c2ccccc2-c2ccccc21)N1CCC(Oc2cc(Cl)ccc2C2CCCCC2)CC1. The molecule has 0 aromatic heterocycles. The molecule has 2 fully saturated rings. The molecule has 5 heteroatoms. The Hall–Kier alpha value is -2.98. The summed E-state index contributed by atoms with van der Waals surface area (Å²) in [6.45, 7) is 1.64. The molecule has 1 aliphatic heterocycles. The number of ether oxygens (including phenoxy) is 2. The summed E-state index contributed by atoms with van der Waals surface area (Å²) in [4.78, 5) is 14.8. The van der Waals surface area contributed by atoms with E-state index in [1.165, 1.54) is 59.9 Å². The van der Waals surface area contributed by atoms with Crippen LogP contribution in [0.5, 0.6) is 5.75 Å². The molecule has 3 aromatic carbocycles. The molecule has 2 aliphatic carbocycles. The molecule has 0 spiro atoms. The van der Waals surface area contributed by atoms with Gasteiger partial charge in [0.2, 0.25) is 0 Å². The van der Waals surface area contributed by atoms with Crippen LogP contribution in [0.1, 0.15) is 73.5 Å². The maximum atomic E-state index is 13.0. The van der Waals surface area contributed by atoms with Gasteiger partial charge in [0.1, 0.15) is 18.5 Å². The summed E-state index contributed by atoms with van der Waals surface area (Å²) in [5.74, 6) is 1.57. The lowest BCUT2D eigenvalue weighted by Crippen LogP contribution is -2.42. The Kier molecular flexibility index (Phi) is 7.10. The van der Waals surface area contributed by atoms with Gasteiger partial charge in [-0.3, -0.25) is 0 Å². The van der Waals surface area contributed by atoms with Crippen LogP contribution in [0, 0.1) is 0 Å². The second-order valence-corrected chi connectivity index (χ2v) is 11.1. The van der Waals surface area contributed by atoms with Crippen LogP contribution in [-0.4, -0.2) is 36.8 Å². The van der Waals surface area contributed by atoms with E-state index < -0.39 is 0 Å². The summed E-state index contributed by atoms with van der Waals surface area (Å²) < 4.78 is 12.4. The number of halogens is 1. The third-order valence-electron chi connectivity index (χ3n) is 8.35. The molecule has 0 N–H and O–H groups in total. The Labute approximate surface area is 224 Å². The fourth-order valence-electron chi connectivity index (χ4n) is 6.38. The van der Waals surface area contributed by atoms with Crippen LogP contribution in [0.2, 0.25) is 5.02 Å². The first-order valence-electron chi connectivity index (χ1n) is 13.7. The largest absolute Gasteiger partial charge is 0.490 e. The number of rotatable bonds is 5. The van der Waals surface area contributed by atoms with E-state index >= 15 is 0 Å². The summed E-state index contributed by atoms with van der Waals surface area (Å²) in [6, 6.07) is 23.0. The minimum absolute atomic E-state index is 0.0817. The number of amides is 1. The van der Waals surface area contributed by atoms with Crippen molar-refractivity contribution in [1.29, 1.82) is 0 Å². The highest BCUT2D eigenvalue weighted by molar-refractivity contribution is 6.30. The second-order valence-electron chi connectivity index (χ2n) is 10.6. The molecule has 192 valence electrons. The normalized spacial score (nSPS) is 18.4. The maximum Gasteiger partial charge on any atom is 0.409 e. The van der Waals surface area contributed by atoms with Gasteiger partial charge in [-0.15, -0.1) is 0 Å². The van der Waals surface area contributed by atoms with Crippen molar-refractivity contribution in [1.82, 2.24) is 4.90 Å². The van der Waals surface area contributed by atoms with Crippen LogP contribution in [0.4, 0.5) is 4.79 Å². The van der Waals surface area contributed by atoms with Gasteiger partial charge in [0, 0.05) is 36.9 Å². The van der Waals surface area contributed by atoms with E-state index in [-0.39, 0.29) is 18.1 Å². The third kappa shape index (κ3) is 5.09. The molecule has 4 nitrogen and oxygen atoms in total. The average molecular weight is 516 g/mol. The van der Waals surface area contributed by atoms with Gasteiger partial charge in [0.15, 0.2) is 0 Å². The number of hydrogen-bond acceptors (Lipinski definition) is 3. The number of benzene rings is 3. The molecule has 1 heterocycles. The van der Waals surface area contributed by atoms with Gasteiger partial charge < -0.3 is 14.4 Å². The molecule has 37 heavy (non-hydrogen) atoms. The van der Waals surface area contributed by atoms with E-state index in [2.05, 4.69) is 54.6 Å². The van der Waals surface area contributed by atoms with Gasteiger partial charge in [0.25, 0.3) is 0 Å². The third-order valence-corrected chi connectivity index (χ3v) is 8.59. The molecule has 1 saturated heterocycles. The molecule has 3 aromatic rings. The lowest BCUT2D eigenvalue weighted by Gasteiger charge is -2.33. The lowest BCUT2D eigenvalue weighted by molar-refractivity contribution is 0.0658. The molecule has 0 unspecified atom stereocenters. The summed E-state index contributed by atoms with van der Waals surface area (Å²) >= 11 is 6.34. The summed E-state index contributed by atoms with van der Waals surface area (Å²) in [7, 11) is 0. The highest BCUT2D eigenvalue weighted by Gasteiger charge is 2.31. The first kappa shape index (κ1) is 24.4. The molecule has 1 amide bonds. The van der Waals surface area contributed by atoms with E-state index in [1.807, 2.05) is 17.0 Å². The molecule has 1 saturated carbocycles. The Balaban J connectivity index is 1.05. The Morgan fingerprint density at radius 3 is 2.14 bits per heavy atom. The van der Waals surface area contributed by atoms with Crippen molar-refractivity contribution in [3.8, 4) is 16.9 Å². The van der Waals surface area contributed by atoms with Crippen LogP contribution in [0.15, 0.2) is 66.7 Å². The number of fused-ring (bicyclic) bond motifs is 3. The van der Waals surface area contributed by atoms with Crippen molar-refractivity contribution in [2.75, 3.05) is 19.7 Å². The van der Waals surface area contributed by atoms with E-state index in [4.69, 9.17) is 21.1 Å². The van der Waals surface area contributed by atoms with E-state index in [1.54, 1.807) is 0 Å². The van der Waals surface area contributed by atoms with Crippen molar-refractivity contribution in [2.24, 2.45) is 0 Å². The Morgan fingerprint density at radius 2 is 1.46 bits per heavy atom. The first-order chi connectivity index (χ1) is 18.2. The first-order valence-corrected chi connectivity index (χ1v) is 14.1. The van der Waals surface area contributed by atoms with E-state index in [0.717, 1.165) is 18.6 Å². The molecular weight excluding hydrogens is 482 g/mol. The summed E-state index contributed by atoms with van der Waals surface area (Å²) in [5, 5.41) is 0.714. The van der Waals surface area contributed by atoms with Gasteiger partial charge >= 0.3 is 6.09 Å². The molecule has 0 atom stereocenters. The number of likely N-dealkylation sites (tertiary alicyclic amines) is 1. The average Bonchev–Trinajstić information content (AvgIpc) is 3.26. The zero-order valence-corrected chi connectivity index (χ0v) is 22.0. The highest BCUT2D eigenvalue weighted by atomic mass is 35.5. The monoisotopic (exact) mass is 515 g/mol. The fourth-order valence-corrected chi connectivity index (χ4v) is 6.54. The molecule has 3 aliphatic rings. The van der Waals surface area contributed by atoms with Crippen LogP contribution >= 0.6 is 11.6 Å². The van der Waals surface area contributed by atoms with Gasteiger partial charge in [-0.05, 0) is 58.7 Å². The van der Waals surface area contributed by atoms with Gasteiger partial charge in [-0.2, -0.15) is 0 Å². The van der Waals surface area contributed by atoms with Crippen molar-refractivity contribution in [3.63, 3.8) is 0 Å². The zero-order valence-electron chi connectivity index (χ0n) is 21.2. The van der Waals surface area contributed by atoms with E-state index in [0.29, 0.717) is 30.6 Å². The number of carbonyl (C=O) groups excluding carboxylic acids is 1. The van der Waals surface area contributed by atoms with E-state index in [9.17, 15) is 4.79 Å². The van der Waals surface area contributed by atoms with Gasteiger partial charge in [-0.1, -0.05) is 85.5 Å². The fraction of sp³-hybridized carbons (Fsp3) is 0.406. The van der Waals surface area contributed by atoms with Crippen LogP contribution < -0.4 is 4.74 Å². The van der Waals surface area contributed by atoms with Gasteiger partial charge in [-0.25, -0.2) is 4.79 Å². The summed E-state index contributed by atoms with van der Waals surface area (Å²) in [6.07, 6.45) is 7.77. The number of nitrogens with zero attached hydrogens (tertiary/aromatic N) is 1. The van der Waals surface area contributed by atoms with Crippen molar-refractivity contribution < 1.29 is 14.3 Å². The molecule has 6 rings (SSSR count). The van der Waals surface area contributed by atoms with Crippen molar-refractivity contribution in [2.45, 2.75) is 62.9 Å². The topological polar surface area (TPSA) is 38.8 Å². The lowest BCUT2D eigenvalue weighted by atomic mass is 9.83. The van der Waals surface area contributed by atoms with Crippen LogP contribution in [0.3, 0.4) is 0 Å². The molecule has 0 bridgehead atoms. The van der Waals surface area contributed by atoms with Crippen LogP contribution in [-0.2, 0) is 4.74 Å². The number of piperidine rings is 1. The Morgan fingerprint density at radius 1 is 0.811 bits per heavy atom. The van der Waals surface area contributed by atoms with Gasteiger partial charge in [0.05, 0.1) is 0 Å². The van der Waals surface area contributed by atoms with Crippen LogP contribution in [0.25, 0.3) is 11.1 Å². The minimum atomic E-state index is -0.231. The van der Waals surface area contributed by atoms with Crippen molar-refractivity contribution >= 4 is 17.7 Å². The van der Waals surface area contributed by atoms with Crippen molar-refractivity contribution in [3.05, 3.63) is 88.4 Å². The number of hydrogen-bond donors (Lipinski definition) is 0.